The van der Waals surface area contributed by atoms with E-state index in [0.717, 1.165) is 41.7 Å². The van der Waals surface area contributed by atoms with E-state index in [1.54, 1.807) is 18.5 Å². The van der Waals surface area contributed by atoms with Gasteiger partial charge in [-0.1, -0.05) is 6.07 Å². The highest BCUT2D eigenvalue weighted by molar-refractivity contribution is 7.17. The topological polar surface area (TPSA) is 107 Å². The second-order valence-corrected chi connectivity index (χ2v) is 8.44. The molecule has 0 aromatic carbocycles. The van der Waals surface area contributed by atoms with Gasteiger partial charge in [-0.25, -0.2) is 4.79 Å². The van der Waals surface area contributed by atoms with Gasteiger partial charge in [0, 0.05) is 23.3 Å². The average Bonchev–Trinajstić information content (AvgIpc) is 3.40. The van der Waals surface area contributed by atoms with Gasteiger partial charge in [-0.05, 0) is 54.9 Å². The van der Waals surface area contributed by atoms with Crippen LogP contribution >= 0.6 is 11.3 Å². The molecule has 3 N–H and O–H groups in total. The Balaban J connectivity index is 1.33. The maximum absolute atomic E-state index is 12.3. The van der Waals surface area contributed by atoms with Crippen LogP contribution in [0.2, 0.25) is 0 Å². The maximum Gasteiger partial charge on any atom is 0.433 e. The number of amides is 2. The third-order valence-corrected chi connectivity index (χ3v) is 6.34. The van der Waals surface area contributed by atoms with Gasteiger partial charge in [-0.3, -0.25) is 14.6 Å². The molecule has 2 amide bonds. The Kier molecular flexibility index (Phi) is 6.29. The van der Waals surface area contributed by atoms with Crippen molar-refractivity contribution in [3.05, 3.63) is 46.6 Å². The number of pyridine rings is 1. The molecule has 3 heterocycles. The highest BCUT2D eigenvalue weighted by Crippen LogP contribution is 2.41. The molecule has 30 heavy (non-hydrogen) atoms. The summed E-state index contributed by atoms with van der Waals surface area (Å²) in [6, 6.07) is 3.69. The van der Waals surface area contributed by atoms with Crippen LogP contribution in [0.25, 0.3) is 6.08 Å². The van der Waals surface area contributed by atoms with Crippen LogP contribution in [0.3, 0.4) is 0 Å². The minimum absolute atomic E-state index is 0.233. The van der Waals surface area contributed by atoms with Crippen LogP contribution in [0.5, 0.6) is 0 Å². The zero-order valence-electron chi connectivity index (χ0n) is 16.5. The Labute approximate surface area is 178 Å². The van der Waals surface area contributed by atoms with Crippen molar-refractivity contribution in [2.75, 3.05) is 30.8 Å². The molecule has 1 saturated heterocycles. The molecule has 0 spiro atoms. The van der Waals surface area contributed by atoms with Crippen molar-refractivity contribution in [3.63, 3.8) is 0 Å². The quantitative estimate of drug-likeness (QED) is 0.708. The number of nitrogen functional groups attached to an aromatic ring is 1. The molecule has 4 rings (SSSR count). The second-order valence-electron chi connectivity index (χ2n) is 7.33. The van der Waals surface area contributed by atoms with Crippen LogP contribution in [-0.4, -0.2) is 41.8 Å². The third kappa shape index (κ3) is 4.80. The number of nitrogens with two attached hydrogens (primary N) is 1. The van der Waals surface area contributed by atoms with E-state index in [1.165, 1.54) is 22.5 Å². The number of ether oxygens (including phenoxy) is 1. The summed E-state index contributed by atoms with van der Waals surface area (Å²) < 4.78 is 5.41. The maximum atomic E-state index is 12.3. The van der Waals surface area contributed by atoms with Crippen molar-refractivity contribution in [3.8, 4) is 0 Å². The fraction of sp³-hybridized carbons (Fsp3) is 0.381. The predicted molar refractivity (Wildman–Crippen MR) is 115 cm³/mol. The van der Waals surface area contributed by atoms with Gasteiger partial charge in [0.15, 0.2) is 0 Å². The second kappa shape index (κ2) is 9.27. The first-order chi connectivity index (χ1) is 14.6. The van der Waals surface area contributed by atoms with E-state index in [4.69, 9.17) is 15.3 Å². The summed E-state index contributed by atoms with van der Waals surface area (Å²) in [5.41, 5.74) is 8.87. The molecule has 2 aromatic rings. The summed E-state index contributed by atoms with van der Waals surface area (Å²) in [6.45, 7) is 1.49. The van der Waals surface area contributed by atoms with Gasteiger partial charge in [-0.15, -0.1) is 11.3 Å². The number of carbonyl (C=O) groups excluding carboxylic acids is 2. The standard InChI is InChI=1S/C21H24N4O4S/c22-19-16-6-4-15(13-28-21(27)25-9-2-10-29-25)11-17(16)30-20(19)24-18(26)7-5-14-3-1-8-23-12-14/h1,3,5,7-8,12,15H,2,4,6,9-11,13,22H2,(H,24,26)/b7-5+. The number of hydrogen-bond donors (Lipinski definition) is 2. The number of thiophene rings is 1. The molecule has 0 radical (unpaired) electrons. The first-order valence-electron chi connectivity index (χ1n) is 9.96. The van der Waals surface area contributed by atoms with Crippen molar-refractivity contribution in [1.82, 2.24) is 10.0 Å². The lowest BCUT2D eigenvalue weighted by Gasteiger charge is -2.23. The lowest BCUT2D eigenvalue weighted by Crippen LogP contribution is -2.30. The minimum Gasteiger partial charge on any atom is -0.448 e. The number of hydrogen-bond acceptors (Lipinski definition) is 7. The first-order valence-corrected chi connectivity index (χ1v) is 10.8. The minimum atomic E-state index is -0.419. The molecule has 2 aromatic heterocycles. The van der Waals surface area contributed by atoms with Crippen LogP contribution in [0, 0.1) is 5.92 Å². The summed E-state index contributed by atoms with van der Waals surface area (Å²) in [7, 11) is 0. The third-order valence-electron chi connectivity index (χ3n) is 5.16. The summed E-state index contributed by atoms with van der Waals surface area (Å²) in [4.78, 5) is 34.6. The Hall–Kier alpha value is -2.91. The van der Waals surface area contributed by atoms with Gasteiger partial charge in [0.05, 0.1) is 25.4 Å². The normalized spacial score (nSPS) is 18.4. The van der Waals surface area contributed by atoms with E-state index in [2.05, 4.69) is 10.3 Å². The summed E-state index contributed by atoms with van der Waals surface area (Å²) in [5.74, 6) is -0.00336. The van der Waals surface area contributed by atoms with Crippen LogP contribution < -0.4 is 11.1 Å². The molecule has 8 nitrogen and oxygen atoms in total. The van der Waals surface area contributed by atoms with Crippen molar-refractivity contribution in [1.29, 1.82) is 0 Å². The average molecular weight is 429 g/mol. The van der Waals surface area contributed by atoms with Gasteiger partial charge in [0.2, 0.25) is 5.91 Å². The fourth-order valence-electron chi connectivity index (χ4n) is 3.57. The van der Waals surface area contributed by atoms with E-state index in [1.807, 2.05) is 12.1 Å². The van der Waals surface area contributed by atoms with Gasteiger partial charge < -0.3 is 15.8 Å². The molecular weight excluding hydrogens is 404 g/mol. The number of hydroxylamine groups is 2. The number of nitrogens with one attached hydrogen (secondary N) is 1. The predicted octanol–water partition coefficient (Wildman–Crippen LogP) is 3.26. The Morgan fingerprint density at radius 2 is 2.37 bits per heavy atom. The van der Waals surface area contributed by atoms with Crippen molar-refractivity contribution in [2.24, 2.45) is 5.92 Å². The first kappa shape index (κ1) is 20.4. The molecule has 158 valence electrons. The van der Waals surface area contributed by atoms with Crippen LogP contribution in [-0.2, 0) is 27.2 Å². The molecular formula is C21H24N4O4S. The van der Waals surface area contributed by atoms with Crippen molar-refractivity contribution in [2.45, 2.75) is 25.7 Å². The zero-order chi connectivity index (χ0) is 20.9. The number of anilines is 2. The van der Waals surface area contributed by atoms with E-state index in [0.29, 0.717) is 30.4 Å². The van der Waals surface area contributed by atoms with E-state index < -0.39 is 6.09 Å². The Morgan fingerprint density at radius 1 is 1.47 bits per heavy atom. The van der Waals surface area contributed by atoms with Crippen LogP contribution in [0.15, 0.2) is 30.6 Å². The molecule has 2 aliphatic rings. The van der Waals surface area contributed by atoms with E-state index >= 15 is 0 Å². The molecule has 9 heteroatoms. The van der Waals surface area contributed by atoms with E-state index in [-0.39, 0.29) is 11.8 Å². The Morgan fingerprint density at radius 3 is 3.13 bits per heavy atom. The lowest BCUT2D eigenvalue weighted by molar-refractivity contribution is -0.111. The van der Waals surface area contributed by atoms with Crippen LogP contribution in [0.1, 0.15) is 28.8 Å². The summed E-state index contributed by atoms with van der Waals surface area (Å²) in [6.07, 6.45) is 9.43. The molecule has 1 aliphatic heterocycles. The van der Waals surface area contributed by atoms with Crippen molar-refractivity contribution < 1.29 is 19.2 Å². The number of aromatic nitrogens is 1. The van der Waals surface area contributed by atoms with Gasteiger partial charge in [0.25, 0.3) is 0 Å². The lowest BCUT2D eigenvalue weighted by atomic mass is 9.89. The highest BCUT2D eigenvalue weighted by atomic mass is 32.1. The largest absolute Gasteiger partial charge is 0.448 e. The Bertz CT molecular complexity index is 938. The SMILES string of the molecule is Nc1c(NC(=O)/C=C/c2cccnc2)sc2c1CCC(COC(=O)N1CCCO1)C2. The van der Waals surface area contributed by atoms with Crippen molar-refractivity contribution >= 4 is 40.1 Å². The molecule has 1 atom stereocenters. The monoisotopic (exact) mass is 428 g/mol. The number of rotatable bonds is 5. The number of fused-ring (bicyclic) bond motifs is 1. The van der Waals surface area contributed by atoms with Gasteiger partial charge in [-0.2, -0.15) is 5.06 Å². The zero-order valence-corrected chi connectivity index (χ0v) is 17.3. The molecule has 0 saturated carbocycles. The van der Waals surface area contributed by atoms with Crippen LogP contribution in [0.4, 0.5) is 15.5 Å². The summed E-state index contributed by atoms with van der Waals surface area (Å²) in [5, 5.41) is 4.83. The van der Waals surface area contributed by atoms with Gasteiger partial charge in [0.1, 0.15) is 5.00 Å². The van der Waals surface area contributed by atoms with E-state index in [9.17, 15) is 9.59 Å². The fourth-order valence-corrected chi connectivity index (χ4v) is 4.85. The molecule has 1 unspecified atom stereocenters. The molecule has 1 fully saturated rings. The smallest absolute Gasteiger partial charge is 0.433 e. The number of carbonyl (C=O) groups is 2. The summed E-state index contributed by atoms with van der Waals surface area (Å²) >= 11 is 1.50. The number of nitrogens with zero attached hydrogens (tertiary/aromatic N) is 2. The molecule has 0 bridgehead atoms. The molecule has 1 aliphatic carbocycles. The highest BCUT2D eigenvalue weighted by Gasteiger charge is 2.27. The van der Waals surface area contributed by atoms with Gasteiger partial charge >= 0.3 is 6.09 Å².